The van der Waals surface area contributed by atoms with Gasteiger partial charge in [0.25, 0.3) is 0 Å². The second-order valence-corrected chi connectivity index (χ2v) is 6.46. The van der Waals surface area contributed by atoms with E-state index in [1.54, 1.807) is 0 Å². The molecule has 0 unspecified atom stereocenters. The molecule has 0 spiro atoms. The van der Waals surface area contributed by atoms with Gasteiger partial charge in [-0.15, -0.1) is 0 Å². The van der Waals surface area contributed by atoms with Gasteiger partial charge in [-0.25, -0.2) is 0 Å². The van der Waals surface area contributed by atoms with Crippen molar-refractivity contribution in [3.8, 4) is 0 Å². The third kappa shape index (κ3) is 2.65. The van der Waals surface area contributed by atoms with Gasteiger partial charge in [0.05, 0.1) is 12.1 Å². The Morgan fingerprint density at radius 1 is 1.09 bits per heavy atom. The van der Waals surface area contributed by atoms with Crippen molar-refractivity contribution in [2.75, 3.05) is 0 Å². The number of aryl methyl sites for hydroxylation is 1. The van der Waals surface area contributed by atoms with Crippen molar-refractivity contribution < 1.29 is 9.05 Å². The van der Waals surface area contributed by atoms with E-state index in [1.807, 2.05) is 6.92 Å². The fraction of sp³-hybridized carbons (Fsp3) is 0.733. The number of aromatic nitrogens is 4. The average molecular weight is 303 g/mol. The molecule has 7 nitrogen and oxygen atoms in total. The Balaban J connectivity index is 1.50. The van der Waals surface area contributed by atoms with Gasteiger partial charge >= 0.3 is 0 Å². The lowest BCUT2D eigenvalue weighted by atomic mass is 9.81. The Morgan fingerprint density at radius 2 is 1.91 bits per heavy atom. The van der Waals surface area contributed by atoms with Crippen LogP contribution in [-0.2, 0) is 12.1 Å². The van der Waals surface area contributed by atoms with E-state index >= 15 is 0 Å². The molecule has 0 amide bonds. The van der Waals surface area contributed by atoms with Crippen LogP contribution in [0.2, 0.25) is 0 Å². The lowest BCUT2D eigenvalue weighted by molar-refractivity contribution is 0.208. The third-order valence-electron chi connectivity index (χ3n) is 4.66. The molecule has 22 heavy (non-hydrogen) atoms. The maximum Gasteiger partial charge on any atom is 0.229 e. The van der Waals surface area contributed by atoms with Crippen LogP contribution >= 0.6 is 0 Å². The third-order valence-corrected chi connectivity index (χ3v) is 4.66. The summed E-state index contributed by atoms with van der Waals surface area (Å²) in [5.41, 5.74) is -0.226. The highest BCUT2D eigenvalue weighted by atomic mass is 16.5. The van der Waals surface area contributed by atoms with Crippen molar-refractivity contribution in [2.24, 2.45) is 0 Å². The molecule has 2 aromatic rings. The summed E-state index contributed by atoms with van der Waals surface area (Å²) in [6.07, 6.45) is 7.95. The van der Waals surface area contributed by atoms with Crippen LogP contribution in [0.5, 0.6) is 0 Å². The van der Waals surface area contributed by atoms with Crippen LogP contribution in [0.4, 0.5) is 0 Å². The molecule has 2 aliphatic rings. The topological polar surface area (TPSA) is 89.9 Å². The molecule has 2 aromatic heterocycles. The largest absolute Gasteiger partial charge is 0.340 e. The van der Waals surface area contributed by atoms with Crippen molar-refractivity contribution in [3.05, 3.63) is 23.4 Å². The van der Waals surface area contributed by atoms with Gasteiger partial charge in [0.2, 0.25) is 11.8 Å². The number of nitrogens with one attached hydrogen (secondary N) is 1. The van der Waals surface area contributed by atoms with Gasteiger partial charge in [-0.05, 0) is 25.7 Å². The molecule has 0 bridgehead atoms. The van der Waals surface area contributed by atoms with Crippen LogP contribution in [-0.4, -0.2) is 20.3 Å². The van der Waals surface area contributed by atoms with Gasteiger partial charge < -0.3 is 9.05 Å². The van der Waals surface area contributed by atoms with E-state index < -0.39 is 0 Å². The lowest BCUT2D eigenvalue weighted by Gasteiger charge is -2.35. The van der Waals surface area contributed by atoms with Crippen LogP contribution in [0.3, 0.4) is 0 Å². The van der Waals surface area contributed by atoms with E-state index in [0.717, 1.165) is 24.6 Å². The highest BCUT2D eigenvalue weighted by molar-refractivity contribution is 5.08. The molecule has 0 saturated heterocycles. The first kappa shape index (κ1) is 13.9. The molecular weight excluding hydrogens is 282 g/mol. The van der Waals surface area contributed by atoms with E-state index in [4.69, 9.17) is 9.05 Å². The van der Waals surface area contributed by atoms with Crippen molar-refractivity contribution in [1.29, 1.82) is 0 Å². The van der Waals surface area contributed by atoms with Crippen molar-refractivity contribution in [3.63, 3.8) is 0 Å². The Hall–Kier alpha value is -1.76. The minimum atomic E-state index is -0.226. The quantitative estimate of drug-likeness (QED) is 0.907. The SMILES string of the molecule is Cc1nc(C2(NCc3noc(C4CC4)n3)CCCCC2)no1. The molecule has 0 radical (unpaired) electrons. The van der Waals surface area contributed by atoms with Gasteiger partial charge in [0.15, 0.2) is 11.6 Å². The van der Waals surface area contributed by atoms with Crippen LogP contribution in [0.25, 0.3) is 0 Å². The van der Waals surface area contributed by atoms with Crippen molar-refractivity contribution >= 4 is 0 Å². The predicted octanol–water partition coefficient (Wildman–Crippen LogP) is 2.59. The molecule has 7 heteroatoms. The van der Waals surface area contributed by atoms with E-state index in [9.17, 15) is 0 Å². The van der Waals surface area contributed by atoms with Crippen LogP contribution in [0.1, 0.15) is 74.3 Å². The first-order chi connectivity index (χ1) is 10.8. The predicted molar refractivity (Wildman–Crippen MR) is 76.9 cm³/mol. The molecule has 118 valence electrons. The summed E-state index contributed by atoms with van der Waals surface area (Å²) in [5, 5.41) is 11.8. The Labute approximate surface area is 128 Å². The van der Waals surface area contributed by atoms with Gasteiger partial charge in [-0.3, -0.25) is 5.32 Å². The van der Waals surface area contributed by atoms with E-state index in [0.29, 0.717) is 24.2 Å². The summed E-state index contributed by atoms with van der Waals surface area (Å²) in [4.78, 5) is 8.94. The molecule has 2 aliphatic carbocycles. The van der Waals surface area contributed by atoms with Gasteiger partial charge in [0.1, 0.15) is 0 Å². The van der Waals surface area contributed by atoms with E-state index in [2.05, 4.69) is 25.6 Å². The molecule has 0 atom stereocenters. The standard InChI is InChI=1S/C15H21N5O2/c1-10-17-14(20-21-10)15(7-3-2-4-8-15)16-9-12-18-13(22-19-12)11-5-6-11/h11,16H,2-9H2,1H3. The van der Waals surface area contributed by atoms with E-state index in [-0.39, 0.29) is 5.54 Å². The second kappa shape index (κ2) is 5.46. The number of nitrogens with zero attached hydrogens (tertiary/aromatic N) is 4. The molecule has 2 fully saturated rings. The normalized spacial score (nSPS) is 21.1. The number of hydrogen-bond donors (Lipinski definition) is 1. The molecule has 2 saturated carbocycles. The fourth-order valence-corrected chi connectivity index (χ4v) is 3.21. The first-order valence-electron chi connectivity index (χ1n) is 8.13. The minimum absolute atomic E-state index is 0.226. The molecule has 0 aromatic carbocycles. The zero-order valence-corrected chi connectivity index (χ0v) is 12.8. The Morgan fingerprint density at radius 3 is 2.59 bits per heavy atom. The second-order valence-electron chi connectivity index (χ2n) is 6.46. The number of hydrogen-bond acceptors (Lipinski definition) is 7. The summed E-state index contributed by atoms with van der Waals surface area (Å²) >= 11 is 0. The Kier molecular flexibility index (Phi) is 3.44. The summed E-state index contributed by atoms with van der Waals surface area (Å²) in [6, 6.07) is 0. The van der Waals surface area contributed by atoms with E-state index in [1.165, 1.54) is 32.1 Å². The highest BCUT2D eigenvalue weighted by Gasteiger charge is 2.38. The summed E-state index contributed by atoms with van der Waals surface area (Å²) in [5.74, 6) is 3.36. The van der Waals surface area contributed by atoms with Gasteiger partial charge in [-0.2, -0.15) is 9.97 Å². The van der Waals surface area contributed by atoms with Gasteiger partial charge in [0, 0.05) is 12.8 Å². The molecular formula is C15H21N5O2. The lowest BCUT2D eigenvalue weighted by Crippen LogP contribution is -2.44. The highest BCUT2D eigenvalue weighted by Crippen LogP contribution is 2.39. The summed E-state index contributed by atoms with van der Waals surface area (Å²) in [6.45, 7) is 2.40. The van der Waals surface area contributed by atoms with Crippen molar-refractivity contribution in [1.82, 2.24) is 25.6 Å². The average Bonchev–Trinajstić information content (AvgIpc) is 3.12. The molecule has 4 rings (SSSR count). The fourth-order valence-electron chi connectivity index (χ4n) is 3.21. The molecule has 2 heterocycles. The zero-order valence-electron chi connectivity index (χ0n) is 12.8. The first-order valence-corrected chi connectivity index (χ1v) is 8.13. The van der Waals surface area contributed by atoms with Crippen LogP contribution < -0.4 is 5.32 Å². The zero-order chi connectivity index (χ0) is 15.0. The Bertz CT molecular complexity index is 640. The van der Waals surface area contributed by atoms with Crippen LogP contribution in [0.15, 0.2) is 9.05 Å². The maximum absolute atomic E-state index is 5.32. The minimum Gasteiger partial charge on any atom is -0.340 e. The molecule has 0 aliphatic heterocycles. The molecule has 1 N–H and O–H groups in total. The smallest absolute Gasteiger partial charge is 0.229 e. The van der Waals surface area contributed by atoms with Gasteiger partial charge in [-0.1, -0.05) is 29.6 Å². The summed E-state index contributed by atoms with van der Waals surface area (Å²) < 4.78 is 10.5. The summed E-state index contributed by atoms with van der Waals surface area (Å²) in [7, 11) is 0. The van der Waals surface area contributed by atoms with Crippen LogP contribution in [0, 0.1) is 6.92 Å². The van der Waals surface area contributed by atoms with Crippen molar-refractivity contribution in [2.45, 2.75) is 69.9 Å². The monoisotopic (exact) mass is 303 g/mol. The maximum atomic E-state index is 5.32. The number of rotatable bonds is 5.